The molecule has 2 heterocycles. The number of halogens is 2. The lowest BCUT2D eigenvalue weighted by Crippen LogP contribution is -2.44. The zero-order valence-corrected chi connectivity index (χ0v) is 14.2. The molecule has 0 bridgehead atoms. The first-order valence-corrected chi connectivity index (χ1v) is 8.25. The van der Waals surface area contributed by atoms with Crippen LogP contribution in [0.1, 0.15) is 18.4 Å². The maximum atomic E-state index is 12.5. The van der Waals surface area contributed by atoms with Crippen LogP contribution in [-0.4, -0.2) is 22.8 Å². The molecule has 1 aromatic heterocycles. The molecule has 7 heteroatoms. The van der Waals surface area contributed by atoms with Crippen LogP contribution in [0.25, 0.3) is 0 Å². The van der Waals surface area contributed by atoms with E-state index < -0.39 is 6.04 Å². The molecular weight excluding hydrogens is 349 g/mol. The fraction of sp³-hybridized carbons (Fsp3) is 0.235. The number of hydrogen-bond donors (Lipinski definition) is 1. The van der Waals surface area contributed by atoms with E-state index >= 15 is 0 Å². The Balaban J connectivity index is 1.71. The number of nitrogens with zero attached hydrogens (tertiary/aromatic N) is 2. The first-order valence-electron chi connectivity index (χ1n) is 7.50. The molecule has 5 nitrogen and oxygen atoms in total. The minimum absolute atomic E-state index is 0.0640. The summed E-state index contributed by atoms with van der Waals surface area (Å²) >= 11 is 12.0. The average molecular weight is 364 g/mol. The molecule has 1 N–H and O–H groups in total. The van der Waals surface area contributed by atoms with E-state index in [-0.39, 0.29) is 18.4 Å². The SMILES string of the molecule is O=C(NCc1ccc(Cl)cc1Cl)[C@@H]1CCC(=O)N1c1ccncc1. The molecule has 1 aliphatic heterocycles. The zero-order valence-electron chi connectivity index (χ0n) is 12.7. The van der Waals surface area contributed by atoms with Gasteiger partial charge < -0.3 is 5.32 Å². The standard InChI is InChI=1S/C17H15Cl2N3O2/c18-12-2-1-11(14(19)9-12)10-21-17(24)15-3-4-16(23)22(15)13-5-7-20-8-6-13/h1-2,5-9,15H,3-4,10H2,(H,21,24)/t15-/m0/s1. The predicted octanol–water partition coefficient (Wildman–Crippen LogP) is 3.20. The van der Waals surface area contributed by atoms with Crippen molar-refractivity contribution in [3.63, 3.8) is 0 Å². The summed E-state index contributed by atoms with van der Waals surface area (Å²) in [6.07, 6.45) is 4.04. The molecule has 0 radical (unpaired) electrons. The smallest absolute Gasteiger partial charge is 0.243 e. The van der Waals surface area contributed by atoms with Gasteiger partial charge in [0.05, 0.1) is 0 Å². The second-order valence-corrected chi connectivity index (χ2v) is 6.32. The summed E-state index contributed by atoms with van der Waals surface area (Å²) in [5, 5.41) is 3.88. The van der Waals surface area contributed by atoms with Crippen molar-refractivity contribution >= 4 is 40.7 Å². The number of pyridine rings is 1. The highest BCUT2D eigenvalue weighted by Crippen LogP contribution is 2.26. The molecule has 0 aliphatic carbocycles. The fourth-order valence-corrected chi connectivity index (χ4v) is 3.20. The summed E-state index contributed by atoms with van der Waals surface area (Å²) in [7, 11) is 0. The molecule has 1 saturated heterocycles. The third-order valence-electron chi connectivity index (χ3n) is 3.92. The van der Waals surface area contributed by atoms with Gasteiger partial charge >= 0.3 is 0 Å². The van der Waals surface area contributed by atoms with Gasteiger partial charge in [0.25, 0.3) is 0 Å². The van der Waals surface area contributed by atoms with Crippen molar-refractivity contribution in [2.75, 3.05) is 4.90 Å². The van der Waals surface area contributed by atoms with E-state index in [1.54, 1.807) is 42.7 Å². The van der Waals surface area contributed by atoms with Crippen LogP contribution in [0.5, 0.6) is 0 Å². The van der Waals surface area contributed by atoms with Gasteiger partial charge in [-0.2, -0.15) is 0 Å². The Morgan fingerprint density at radius 2 is 2.00 bits per heavy atom. The number of carbonyl (C=O) groups excluding carboxylic acids is 2. The minimum atomic E-state index is -0.522. The number of carbonyl (C=O) groups is 2. The minimum Gasteiger partial charge on any atom is -0.350 e. The lowest BCUT2D eigenvalue weighted by molar-refractivity contribution is -0.124. The van der Waals surface area contributed by atoms with Crippen LogP contribution in [0, 0.1) is 0 Å². The van der Waals surface area contributed by atoms with Crippen molar-refractivity contribution in [3.8, 4) is 0 Å². The van der Waals surface area contributed by atoms with Crippen molar-refractivity contribution in [2.24, 2.45) is 0 Å². The van der Waals surface area contributed by atoms with Gasteiger partial charge in [0.15, 0.2) is 0 Å². The maximum Gasteiger partial charge on any atom is 0.243 e. The third-order valence-corrected chi connectivity index (χ3v) is 4.51. The molecule has 3 rings (SSSR count). The van der Waals surface area contributed by atoms with Gasteiger partial charge in [-0.1, -0.05) is 29.3 Å². The first kappa shape index (κ1) is 16.7. The molecule has 2 aromatic rings. The van der Waals surface area contributed by atoms with Crippen molar-refractivity contribution in [3.05, 3.63) is 58.3 Å². The number of rotatable bonds is 4. The molecule has 1 atom stereocenters. The zero-order chi connectivity index (χ0) is 17.1. The first-order chi connectivity index (χ1) is 11.6. The predicted molar refractivity (Wildman–Crippen MR) is 93.1 cm³/mol. The normalized spacial score (nSPS) is 17.2. The summed E-state index contributed by atoms with van der Waals surface area (Å²) in [5.74, 6) is -0.269. The van der Waals surface area contributed by atoms with E-state index in [0.29, 0.717) is 28.6 Å². The summed E-state index contributed by atoms with van der Waals surface area (Å²) in [5.41, 5.74) is 1.45. The van der Waals surface area contributed by atoms with Crippen LogP contribution < -0.4 is 10.2 Å². The van der Waals surface area contributed by atoms with E-state index in [9.17, 15) is 9.59 Å². The molecule has 0 spiro atoms. The van der Waals surface area contributed by atoms with Crippen LogP contribution in [0.3, 0.4) is 0 Å². The van der Waals surface area contributed by atoms with Gasteiger partial charge in [0, 0.05) is 41.1 Å². The summed E-state index contributed by atoms with van der Waals surface area (Å²) < 4.78 is 0. The summed E-state index contributed by atoms with van der Waals surface area (Å²) in [6.45, 7) is 0.281. The topological polar surface area (TPSA) is 62.3 Å². The molecule has 1 aliphatic rings. The Morgan fingerprint density at radius 1 is 1.25 bits per heavy atom. The third kappa shape index (κ3) is 3.52. The number of nitrogens with one attached hydrogen (secondary N) is 1. The van der Waals surface area contributed by atoms with Gasteiger partial charge in [-0.05, 0) is 36.2 Å². The molecule has 24 heavy (non-hydrogen) atoms. The monoisotopic (exact) mass is 363 g/mol. The quantitative estimate of drug-likeness (QED) is 0.906. The fourth-order valence-electron chi connectivity index (χ4n) is 2.73. The van der Waals surface area contributed by atoms with Crippen LogP contribution in [-0.2, 0) is 16.1 Å². The molecule has 1 aromatic carbocycles. The number of anilines is 1. The van der Waals surface area contributed by atoms with E-state index in [4.69, 9.17) is 23.2 Å². The van der Waals surface area contributed by atoms with Gasteiger partial charge in [-0.15, -0.1) is 0 Å². The molecule has 124 valence electrons. The highest BCUT2D eigenvalue weighted by atomic mass is 35.5. The van der Waals surface area contributed by atoms with E-state index in [1.165, 1.54) is 4.90 Å². The van der Waals surface area contributed by atoms with Crippen LogP contribution >= 0.6 is 23.2 Å². The second kappa shape index (κ2) is 7.20. The highest BCUT2D eigenvalue weighted by molar-refractivity contribution is 6.35. The Kier molecular flexibility index (Phi) is 5.02. The van der Waals surface area contributed by atoms with Crippen LogP contribution in [0.15, 0.2) is 42.7 Å². The molecular formula is C17H15Cl2N3O2. The Hall–Kier alpha value is -2.11. The second-order valence-electron chi connectivity index (χ2n) is 5.48. The largest absolute Gasteiger partial charge is 0.350 e. The maximum absolute atomic E-state index is 12.5. The van der Waals surface area contributed by atoms with Gasteiger partial charge in [0.1, 0.15) is 6.04 Å². The number of hydrogen-bond acceptors (Lipinski definition) is 3. The van der Waals surface area contributed by atoms with Gasteiger partial charge in [-0.25, -0.2) is 0 Å². The lowest BCUT2D eigenvalue weighted by Gasteiger charge is -2.24. The van der Waals surface area contributed by atoms with E-state index in [2.05, 4.69) is 10.3 Å². The Labute approximate surface area is 149 Å². The summed E-state index contributed by atoms with van der Waals surface area (Å²) in [6, 6.07) is 8.04. The molecule has 1 fully saturated rings. The van der Waals surface area contributed by atoms with E-state index in [0.717, 1.165) is 5.56 Å². The number of aromatic nitrogens is 1. The molecule has 2 amide bonds. The van der Waals surface area contributed by atoms with Crippen molar-refractivity contribution < 1.29 is 9.59 Å². The highest BCUT2D eigenvalue weighted by Gasteiger charge is 2.36. The summed E-state index contributed by atoms with van der Waals surface area (Å²) in [4.78, 5) is 30.2. The number of amides is 2. The molecule has 0 saturated carbocycles. The van der Waals surface area contributed by atoms with Gasteiger partial charge in [-0.3, -0.25) is 19.5 Å². The van der Waals surface area contributed by atoms with Crippen molar-refractivity contribution in [2.45, 2.75) is 25.4 Å². The lowest BCUT2D eigenvalue weighted by atomic mass is 10.1. The van der Waals surface area contributed by atoms with E-state index in [1.807, 2.05) is 0 Å². The van der Waals surface area contributed by atoms with Crippen LogP contribution in [0.2, 0.25) is 10.0 Å². The number of benzene rings is 1. The average Bonchev–Trinajstić information content (AvgIpc) is 2.96. The Bertz CT molecular complexity index is 768. The van der Waals surface area contributed by atoms with Crippen molar-refractivity contribution in [1.82, 2.24) is 10.3 Å². The van der Waals surface area contributed by atoms with Crippen LogP contribution in [0.4, 0.5) is 5.69 Å². The van der Waals surface area contributed by atoms with Crippen molar-refractivity contribution in [1.29, 1.82) is 0 Å². The Morgan fingerprint density at radius 3 is 2.71 bits per heavy atom. The van der Waals surface area contributed by atoms with Gasteiger partial charge in [0.2, 0.25) is 11.8 Å². The molecule has 0 unspecified atom stereocenters.